The lowest BCUT2D eigenvalue weighted by atomic mass is 9.79. The third-order valence-corrected chi connectivity index (χ3v) is 4.52. The van der Waals surface area contributed by atoms with Crippen molar-refractivity contribution < 1.29 is 4.39 Å². The van der Waals surface area contributed by atoms with Crippen molar-refractivity contribution in [3.05, 3.63) is 64.7 Å². The van der Waals surface area contributed by atoms with Gasteiger partial charge >= 0.3 is 0 Å². The summed E-state index contributed by atoms with van der Waals surface area (Å²) in [5.41, 5.74) is 4.68. The third kappa shape index (κ3) is 2.70. The smallest absolute Gasteiger partial charge is 0.123 e. The Morgan fingerprint density at radius 1 is 1.33 bits per heavy atom. The van der Waals surface area contributed by atoms with Gasteiger partial charge in [-0.05, 0) is 68.1 Å². The first-order valence-electron chi connectivity index (χ1n) is 7.61. The van der Waals surface area contributed by atoms with Crippen LogP contribution in [0.4, 0.5) is 4.39 Å². The van der Waals surface area contributed by atoms with Gasteiger partial charge in [0.1, 0.15) is 5.82 Å². The summed E-state index contributed by atoms with van der Waals surface area (Å²) in [6.45, 7) is 2.11. The van der Waals surface area contributed by atoms with Gasteiger partial charge in [0.25, 0.3) is 0 Å². The predicted molar refractivity (Wildman–Crippen MR) is 82.9 cm³/mol. The van der Waals surface area contributed by atoms with Gasteiger partial charge in [-0.2, -0.15) is 0 Å². The summed E-state index contributed by atoms with van der Waals surface area (Å²) in [5.74, 6) is 0.0385. The lowest BCUT2D eigenvalue weighted by Gasteiger charge is -2.28. The van der Waals surface area contributed by atoms with Crippen LogP contribution in [0.1, 0.15) is 54.1 Å². The molecule has 110 valence electrons. The number of benzene rings is 1. The van der Waals surface area contributed by atoms with Gasteiger partial charge in [-0.15, -0.1) is 0 Å². The van der Waals surface area contributed by atoms with E-state index in [0.717, 1.165) is 30.5 Å². The summed E-state index contributed by atoms with van der Waals surface area (Å²) in [4.78, 5) is 4.59. The average molecular weight is 284 g/mol. The first-order valence-corrected chi connectivity index (χ1v) is 7.61. The zero-order chi connectivity index (χ0) is 14.8. The van der Waals surface area contributed by atoms with Crippen LogP contribution in [0.25, 0.3) is 0 Å². The predicted octanol–water partition coefficient (Wildman–Crippen LogP) is 3.97. The molecule has 1 heterocycles. The maximum Gasteiger partial charge on any atom is 0.123 e. The number of nitrogens with zero attached hydrogens (tertiary/aromatic N) is 1. The summed E-state index contributed by atoms with van der Waals surface area (Å²) < 4.78 is 13.8. The van der Waals surface area contributed by atoms with E-state index in [1.165, 1.54) is 11.1 Å². The van der Waals surface area contributed by atoms with Crippen molar-refractivity contribution in [2.75, 3.05) is 7.05 Å². The van der Waals surface area contributed by atoms with Crippen molar-refractivity contribution in [1.29, 1.82) is 0 Å². The van der Waals surface area contributed by atoms with E-state index in [-0.39, 0.29) is 17.8 Å². The quantitative estimate of drug-likeness (QED) is 0.922. The highest BCUT2D eigenvalue weighted by atomic mass is 19.1. The molecular formula is C18H21FN2. The van der Waals surface area contributed by atoms with Gasteiger partial charge in [-0.3, -0.25) is 4.98 Å². The van der Waals surface area contributed by atoms with E-state index in [9.17, 15) is 4.39 Å². The Hall–Kier alpha value is -1.74. The largest absolute Gasteiger partial charge is 0.313 e. The van der Waals surface area contributed by atoms with Crippen LogP contribution in [0.2, 0.25) is 0 Å². The summed E-state index contributed by atoms with van der Waals surface area (Å²) in [7, 11) is 1.94. The van der Waals surface area contributed by atoms with Crippen LogP contribution < -0.4 is 5.32 Å². The molecule has 1 aliphatic rings. The maximum atomic E-state index is 13.8. The highest BCUT2D eigenvalue weighted by Crippen LogP contribution is 2.38. The van der Waals surface area contributed by atoms with E-state index >= 15 is 0 Å². The molecule has 2 nitrogen and oxygen atoms in total. The van der Waals surface area contributed by atoms with Gasteiger partial charge < -0.3 is 5.32 Å². The van der Waals surface area contributed by atoms with Crippen LogP contribution in [-0.2, 0) is 6.42 Å². The number of halogens is 1. The molecule has 1 N–H and O–H groups in total. The Kier molecular flexibility index (Phi) is 4.02. The molecule has 2 unspecified atom stereocenters. The van der Waals surface area contributed by atoms with Crippen molar-refractivity contribution in [2.24, 2.45) is 0 Å². The Balaban J connectivity index is 2.11. The number of hydrogen-bond acceptors (Lipinski definition) is 2. The first kappa shape index (κ1) is 14.2. The Labute approximate surface area is 125 Å². The molecular weight excluding hydrogens is 263 g/mol. The monoisotopic (exact) mass is 284 g/mol. The van der Waals surface area contributed by atoms with Gasteiger partial charge in [0.05, 0.1) is 5.69 Å². The number of nitrogens with one attached hydrogen (secondary N) is 1. The summed E-state index contributed by atoms with van der Waals surface area (Å²) in [5, 5.41) is 3.26. The number of pyridine rings is 1. The first-order chi connectivity index (χ1) is 10.2. The van der Waals surface area contributed by atoms with Gasteiger partial charge in [0.2, 0.25) is 0 Å². The number of rotatable bonds is 3. The van der Waals surface area contributed by atoms with Crippen molar-refractivity contribution >= 4 is 0 Å². The van der Waals surface area contributed by atoms with E-state index in [2.05, 4.69) is 23.3 Å². The summed E-state index contributed by atoms with van der Waals surface area (Å²) in [6, 6.07) is 9.49. The number of hydrogen-bond donors (Lipinski definition) is 1. The molecule has 3 heteroatoms. The molecule has 1 aromatic heterocycles. The van der Waals surface area contributed by atoms with Crippen LogP contribution in [-0.4, -0.2) is 12.0 Å². The van der Waals surface area contributed by atoms with E-state index in [1.54, 1.807) is 12.1 Å². The average Bonchev–Trinajstić information content (AvgIpc) is 2.53. The third-order valence-electron chi connectivity index (χ3n) is 4.52. The Morgan fingerprint density at radius 2 is 2.19 bits per heavy atom. The second-order valence-corrected chi connectivity index (χ2v) is 5.78. The van der Waals surface area contributed by atoms with Gasteiger partial charge in [-0.25, -0.2) is 4.39 Å². The van der Waals surface area contributed by atoms with E-state index in [0.29, 0.717) is 0 Å². The highest BCUT2D eigenvalue weighted by molar-refractivity contribution is 5.41. The van der Waals surface area contributed by atoms with Crippen molar-refractivity contribution in [1.82, 2.24) is 10.3 Å². The normalized spacial score (nSPS) is 19.1. The Morgan fingerprint density at radius 3 is 3.00 bits per heavy atom. The maximum absolute atomic E-state index is 13.8. The van der Waals surface area contributed by atoms with Gasteiger partial charge in [0.15, 0.2) is 0 Å². The molecule has 1 aromatic carbocycles. The van der Waals surface area contributed by atoms with Gasteiger partial charge in [-0.1, -0.05) is 12.1 Å². The zero-order valence-corrected chi connectivity index (χ0v) is 12.6. The SMILES string of the molecule is CNC(C)c1ccc(F)cc1C1CCCc2cccnc21. The van der Waals surface area contributed by atoms with Crippen LogP contribution in [0, 0.1) is 5.82 Å². The highest BCUT2D eigenvalue weighted by Gasteiger charge is 2.26. The van der Waals surface area contributed by atoms with Crippen LogP contribution in [0.3, 0.4) is 0 Å². The summed E-state index contributed by atoms with van der Waals surface area (Å²) >= 11 is 0. The van der Waals surface area contributed by atoms with Crippen molar-refractivity contribution in [2.45, 2.75) is 38.1 Å². The fraction of sp³-hybridized carbons (Fsp3) is 0.389. The van der Waals surface area contributed by atoms with Gasteiger partial charge in [0, 0.05) is 18.2 Å². The summed E-state index contributed by atoms with van der Waals surface area (Å²) in [6.07, 6.45) is 5.09. The van der Waals surface area contributed by atoms with Crippen LogP contribution >= 0.6 is 0 Å². The lowest BCUT2D eigenvalue weighted by molar-refractivity contribution is 0.566. The molecule has 0 aliphatic heterocycles. The van der Waals surface area contributed by atoms with Crippen molar-refractivity contribution in [3.63, 3.8) is 0 Å². The molecule has 0 spiro atoms. The van der Waals surface area contributed by atoms with E-state index in [4.69, 9.17) is 0 Å². The molecule has 0 saturated heterocycles. The minimum atomic E-state index is -0.167. The molecule has 0 radical (unpaired) electrons. The van der Waals surface area contributed by atoms with Crippen molar-refractivity contribution in [3.8, 4) is 0 Å². The fourth-order valence-corrected chi connectivity index (χ4v) is 3.31. The molecule has 0 amide bonds. The Bertz CT molecular complexity index is 639. The number of fused-ring (bicyclic) bond motifs is 1. The zero-order valence-electron chi connectivity index (χ0n) is 12.6. The molecule has 3 rings (SSSR count). The lowest BCUT2D eigenvalue weighted by Crippen LogP contribution is -2.19. The fourth-order valence-electron chi connectivity index (χ4n) is 3.31. The minimum Gasteiger partial charge on any atom is -0.313 e. The molecule has 0 bridgehead atoms. The topological polar surface area (TPSA) is 24.9 Å². The second-order valence-electron chi connectivity index (χ2n) is 5.78. The molecule has 2 aromatic rings. The molecule has 2 atom stereocenters. The molecule has 1 aliphatic carbocycles. The second kappa shape index (κ2) is 5.94. The van der Waals surface area contributed by atoms with E-state index < -0.39 is 0 Å². The van der Waals surface area contributed by atoms with Crippen LogP contribution in [0.15, 0.2) is 36.5 Å². The number of aryl methyl sites for hydroxylation is 1. The van der Waals surface area contributed by atoms with E-state index in [1.807, 2.05) is 25.4 Å². The minimum absolute atomic E-state index is 0.167. The number of aromatic nitrogens is 1. The molecule has 21 heavy (non-hydrogen) atoms. The van der Waals surface area contributed by atoms with Crippen LogP contribution in [0.5, 0.6) is 0 Å². The molecule has 0 fully saturated rings. The molecule has 0 saturated carbocycles. The standard InChI is InChI=1S/C18H21FN2/c1-12(20-2)15-9-8-14(19)11-17(15)16-7-3-5-13-6-4-10-21-18(13)16/h4,6,8-12,16,20H,3,5,7H2,1-2H3.